The van der Waals surface area contributed by atoms with Crippen LogP contribution in [0.5, 0.6) is 0 Å². The van der Waals surface area contributed by atoms with Gasteiger partial charge in [0.2, 0.25) is 0 Å². The van der Waals surface area contributed by atoms with Crippen molar-refractivity contribution in [3.63, 3.8) is 0 Å². The maximum atomic E-state index is 8.87. The lowest BCUT2D eigenvalue weighted by atomic mass is 10.1. The number of anilines is 1. The van der Waals surface area contributed by atoms with Gasteiger partial charge >= 0.3 is 0 Å². The third kappa shape index (κ3) is 1.64. The van der Waals surface area contributed by atoms with Gasteiger partial charge in [0, 0.05) is 16.3 Å². The molecule has 3 N–H and O–H groups in total. The van der Waals surface area contributed by atoms with E-state index in [2.05, 4.69) is 0 Å². The molecular formula is C8H10ClNO. The van der Waals surface area contributed by atoms with Gasteiger partial charge < -0.3 is 10.8 Å². The van der Waals surface area contributed by atoms with Crippen molar-refractivity contribution in [2.24, 2.45) is 0 Å². The van der Waals surface area contributed by atoms with E-state index in [9.17, 15) is 0 Å². The minimum Gasteiger partial charge on any atom is -0.398 e. The number of aliphatic hydroxyl groups excluding tert-OH is 1. The molecule has 2 nitrogen and oxygen atoms in total. The molecule has 0 unspecified atom stereocenters. The third-order valence-corrected chi connectivity index (χ3v) is 1.85. The maximum Gasteiger partial charge on any atom is 0.0704 e. The van der Waals surface area contributed by atoms with E-state index in [4.69, 9.17) is 22.4 Å². The van der Waals surface area contributed by atoms with Crippen LogP contribution >= 0.6 is 11.6 Å². The minimum atomic E-state index is -0.0329. The summed E-state index contributed by atoms with van der Waals surface area (Å²) in [5.41, 5.74) is 7.83. The molecule has 0 aliphatic heterocycles. The van der Waals surface area contributed by atoms with E-state index in [1.54, 1.807) is 12.1 Å². The highest BCUT2D eigenvalue weighted by molar-refractivity contribution is 6.31. The zero-order chi connectivity index (χ0) is 8.43. The molecule has 60 valence electrons. The molecule has 1 aromatic rings. The summed E-state index contributed by atoms with van der Waals surface area (Å²) in [7, 11) is 0. The first-order valence-corrected chi connectivity index (χ1v) is 3.68. The van der Waals surface area contributed by atoms with Gasteiger partial charge in [0.15, 0.2) is 0 Å². The van der Waals surface area contributed by atoms with Crippen molar-refractivity contribution in [1.82, 2.24) is 0 Å². The second kappa shape index (κ2) is 3.11. The number of benzene rings is 1. The summed E-state index contributed by atoms with van der Waals surface area (Å²) < 4.78 is 0. The first kappa shape index (κ1) is 8.37. The van der Waals surface area contributed by atoms with Gasteiger partial charge in [-0.05, 0) is 24.6 Å². The van der Waals surface area contributed by atoms with Gasteiger partial charge in [0.05, 0.1) is 6.61 Å². The highest BCUT2D eigenvalue weighted by atomic mass is 35.5. The lowest BCUT2D eigenvalue weighted by Crippen LogP contribution is -1.96. The van der Waals surface area contributed by atoms with Gasteiger partial charge in [-0.3, -0.25) is 0 Å². The molecule has 11 heavy (non-hydrogen) atoms. The Morgan fingerprint density at radius 1 is 1.55 bits per heavy atom. The monoisotopic (exact) mass is 171 g/mol. The average molecular weight is 172 g/mol. The summed E-state index contributed by atoms with van der Waals surface area (Å²) in [6.45, 7) is 1.84. The molecule has 0 atom stereocenters. The van der Waals surface area contributed by atoms with Crippen LogP contribution in [0.25, 0.3) is 0 Å². The van der Waals surface area contributed by atoms with Gasteiger partial charge in [-0.1, -0.05) is 11.6 Å². The average Bonchev–Trinajstić information content (AvgIpc) is 1.85. The van der Waals surface area contributed by atoms with Crippen LogP contribution in [-0.2, 0) is 6.61 Å². The first-order valence-electron chi connectivity index (χ1n) is 3.30. The Bertz CT molecular complexity index is 250. The maximum absolute atomic E-state index is 8.87. The lowest BCUT2D eigenvalue weighted by Gasteiger charge is -2.06. The van der Waals surface area contributed by atoms with Crippen LogP contribution in [0, 0.1) is 6.92 Å². The van der Waals surface area contributed by atoms with Crippen LogP contribution in [0.2, 0.25) is 5.02 Å². The Balaban J connectivity index is 3.25. The molecule has 0 spiro atoms. The van der Waals surface area contributed by atoms with E-state index < -0.39 is 0 Å². The van der Waals surface area contributed by atoms with Crippen molar-refractivity contribution in [2.45, 2.75) is 13.5 Å². The van der Waals surface area contributed by atoms with Crippen molar-refractivity contribution in [3.8, 4) is 0 Å². The van der Waals surface area contributed by atoms with Gasteiger partial charge in [0.25, 0.3) is 0 Å². The predicted octanol–water partition coefficient (Wildman–Crippen LogP) is 1.72. The summed E-state index contributed by atoms with van der Waals surface area (Å²) in [5, 5.41) is 9.48. The number of nitrogens with two attached hydrogens (primary N) is 1. The normalized spacial score (nSPS) is 10.1. The fourth-order valence-electron chi connectivity index (χ4n) is 1.01. The van der Waals surface area contributed by atoms with Crippen LogP contribution in [0.1, 0.15) is 11.1 Å². The quantitative estimate of drug-likeness (QED) is 0.633. The van der Waals surface area contributed by atoms with Crippen molar-refractivity contribution in [2.75, 3.05) is 5.73 Å². The van der Waals surface area contributed by atoms with E-state index in [0.717, 1.165) is 11.1 Å². The highest BCUT2D eigenvalue weighted by Gasteiger charge is 2.02. The number of nitrogen functional groups attached to an aromatic ring is 1. The summed E-state index contributed by atoms with van der Waals surface area (Å²) in [5.74, 6) is 0. The van der Waals surface area contributed by atoms with E-state index in [1.165, 1.54) is 0 Å². The van der Waals surface area contributed by atoms with E-state index in [1.807, 2.05) is 6.92 Å². The van der Waals surface area contributed by atoms with Crippen molar-refractivity contribution < 1.29 is 5.11 Å². The SMILES string of the molecule is Cc1cc(Cl)cc(N)c1CO. The zero-order valence-corrected chi connectivity index (χ0v) is 7.02. The second-order valence-electron chi connectivity index (χ2n) is 2.45. The molecule has 0 bridgehead atoms. The second-order valence-corrected chi connectivity index (χ2v) is 2.89. The fraction of sp³-hybridized carbons (Fsp3) is 0.250. The molecule has 3 heteroatoms. The molecule has 0 saturated carbocycles. The molecule has 0 fully saturated rings. The molecule has 0 amide bonds. The molecule has 0 aromatic heterocycles. The van der Waals surface area contributed by atoms with E-state index in [0.29, 0.717) is 10.7 Å². The van der Waals surface area contributed by atoms with Crippen LogP contribution in [0.15, 0.2) is 12.1 Å². The third-order valence-electron chi connectivity index (χ3n) is 1.63. The lowest BCUT2D eigenvalue weighted by molar-refractivity contribution is 0.282. The smallest absolute Gasteiger partial charge is 0.0704 e. The number of hydrogen-bond donors (Lipinski definition) is 2. The molecule has 0 saturated heterocycles. The zero-order valence-electron chi connectivity index (χ0n) is 6.26. The predicted molar refractivity (Wildman–Crippen MR) is 46.5 cm³/mol. The summed E-state index contributed by atoms with van der Waals surface area (Å²) >= 11 is 5.72. The Kier molecular flexibility index (Phi) is 2.37. The largest absolute Gasteiger partial charge is 0.398 e. The standard InChI is InChI=1S/C8H10ClNO/c1-5-2-6(9)3-8(10)7(5)4-11/h2-3,11H,4,10H2,1H3. The Labute approximate surface area is 70.6 Å². The van der Waals surface area contributed by atoms with Crippen LogP contribution in [0.3, 0.4) is 0 Å². The number of halogens is 1. The summed E-state index contributed by atoms with van der Waals surface area (Å²) in [6, 6.07) is 3.42. The summed E-state index contributed by atoms with van der Waals surface area (Å²) in [4.78, 5) is 0. The minimum absolute atomic E-state index is 0.0329. The number of hydrogen-bond acceptors (Lipinski definition) is 2. The topological polar surface area (TPSA) is 46.2 Å². The van der Waals surface area contributed by atoms with E-state index in [-0.39, 0.29) is 6.61 Å². The van der Waals surface area contributed by atoms with Gasteiger partial charge in [-0.15, -0.1) is 0 Å². The van der Waals surface area contributed by atoms with Crippen LogP contribution in [0.4, 0.5) is 5.69 Å². The van der Waals surface area contributed by atoms with Crippen molar-refractivity contribution in [1.29, 1.82) is 0 Å². The number of aryl methyl sites for hydroxylation is 1. The highest BCUT2D eigenvalue weighted by Crippen LogP contribution is 2.22. The summed E-state index contributed by atoms with van der Waals surface area (Å²) in [6.07, 6.45) is 0. The van der Waals surface area contributed by atoms with Gasteiger partial charge in [0.1, 0.15) is 0 Å². The molecule has 0 aliphatic rings. The van der Waals surface area contributed by atoms with Crippen molar-refractivity contribution in [3.05, 3.63) is 28.3 Å². The van der Waals surface area contributed by atoms with Crippen LogP contribution in [-0.4, -0.2) is 5.11 Å². The van der Waals surface area contributed by atoms with E-state index >= 15 is 0 Å². The van der Waals surface area contributed by atoms with Gasteiger partial charge in [-0.25, -0.2) is 0 Å². The molecular weight excluding hydrogens is 162 g/mol. The van der Waals surface area contributed by atoms with Crippen LogP contribution < -0.4 is 5.73 Å². The Morgan fingerprint density at radius 3 is 2.64 bits per heavy atom. The molecule has 0 heterocycles. The molecule has 0 aliphatic carbocycles. The molecule has 1 rings (SSSR count). The van der Waals surface area contributed by atoms with Gasteiger partial charge in [-0.2, -0.15) is 0 Å². The first-order chi connectivity index (χ1) is 5.15. The fourth-order valence-corrected chi connectivity index (χ4v) is 1.30. The molecule has 1 aromatic carbocycles. The van der Waals surface area contributed by atoms with Crippen molar-refractivity contribution >= 4 is 17.3 Å². The Morgan fingerprint density at radius 2 is 2.18 bits per heavy atom. The Hall–Kier alpha value is -0.730. The molecule has 0 radical (unpaired) electrons. The number of rotatable bonds is 1. The number of aliphatic hydroxyl groups is 1.